The Kier molecular flexibility index (Phi) is 9.13. The van der Waals surface area contributed by atoms with E-state index in [1.54, 1.807) is 6.92 Å². The van der Waals surface area contributed by atoms with E-state index in [1.807, 2.05) is 0 Å². The normalized spacial score (nSPS) is 12.1. The maximum absolute atomic E-state index is 11.2. The summed E-state index contributed by atoms with van der Waals surface area (Å²) in [7, 11) is 0. The van der Waals surface area contributed by atoms with Crippen LogP contribution in [0.3, 0.4) is 0 Å². The van der Waals surface area contributed by atoms with Crippen molar-refractivity contribution in [3.8, 4) is 0 Å². The number of carbonyl (C=O) groups excluding carboxylic acids is 2. The molecule has 0 spiro atoms. The van der Waals surface area contributed by atoms with Crippen LogP contribution in [0, 0.1) is 5.92 Å². The van der Waals surface area contributed by atoms with Gasteiger partial charge in [-0.15, -0.1) is 0 Å². The van der Waals surface area contributed by atoms with Crippen LogP contribution in [0.1, 0.15) is 52.4 Å². The average molecular weight is 214 g/mol. The Balaban J connectivity index is 3.61. The molecule has 1 unspecified atom stereocenters. The summed E-state index contributed by atoms with van der Waals surface area (Å²) in [5, 5.41) is 0. The van der Waals surface area contributed by atoms with Crippen LogP contribution in [0.25, 0.3) is 0 Å². The van der Waals surface area contributed by atoms with Gasteiger partial charge < -0.3 is 9.53 Å². The molecule has 0 bridgehead atoms. The number of unbranched alkanes of at least 4 members (excludes halogenated alkanes) is 4. The highest BCUT2D eigenvalue weighted by atomic mass is 16.5. The van der Waals surface area contributed by atoms with Gasteiger partial charge in [-0.2, -0.15) is 0 Å². The molecule has 0 aliphatic heterocycles. The van der Waals surface area contributed by atoms with Gasteiger partial charge in [0.25, 0.3) is 0 Å². The van der Waals surface area contributed by atoms with Gasteiger partial charge in [-0.3, -0.25) is 4.79 Å². The van der Waals surface area contributed by atoms with Crippen molar-refractivity contribution in [1.82, 2.24) is 0 Å². The van der Waals surface area contributed by atoms with Crippen LogP contribution in [0.4, 0.5) is 0 Å². The van der Waals surface area contributed by atoms with Gasteiger partial charge in [0.05, 0.1) is 6.61 Å². The minimum atomic E-state index is -0.549. The van der Waals surface area contributed by atoms with Gasteiger partial charge in [0.2, 0.25) is 0 Å². The van der Waals surface area contributed by atoms with E-state index in [2.05, 4.69) is 6.92 Å². The molecule has 3 nitrogen and oxygen atoms in total. The number of aldehydes is 1. The van der Waals surface area contributed by atoms with Crippen molar-refractivity contribution in [2.75, 3.05) is 6.61 Å². The predicted molar refractivity (Wildman–Crippen MR) is 59.6 cm³/mol. The first-order chi connectivity index (χ1) is 7.26. The van der Waals surface area contributed by atoms with Crippen molar-refractivity contribution < 1.29 is 14.3 Å². The molecule has 0 heterocycles. The van der Waals surface area contributed by atoms with Gasteiger partial charge in [-0.05, 0) is 13.3 Å². The van der Waals surface area contributed by atoms with Crippen molar-refractivity contribution in [3.63, 3.8) is 0 Å². The maximum atomic E-state index is 11.2. The van der Waals surface area contributed by atoms with Crippen LogP contribution in [0.2, 0.25) is 0 Å². The monoisotopic (exact) mass is 214 g/mol. The van der Waals surface area contributed by atoms with E-state index in [0.29, 0.717) is 19.3 Å². The van der Waals surface area contributed by atoms with E-state index in [1.165, 1.54) is 19.3 Å². The summed E-state index contributed by atoms with van der Waals surface area (Å²) in [6.07, 6.45) is 6.98. The fourth-order valence-electron chi connectivity index (χ4n) is 1.46. The zero-order valence-corrected chi connectivity index (χ0v) is 9.83. The van der Waals surface area contributed by atoms with Crippen LogP contribution >= 0.6 is 0 Å². The second-order valence-corrected chi connectivity index (χ2v) is 3.70. The molecule has 1 atom stereocenters. The molecule has 0 aliphatic carbocycles. The van der Waals surface area contributed by atoms with E-state index < -0.39 is 5.92 Å². The van der Waals surface area contributed by atoms with Gasteiger partial charge in [0.1, 0.15) is 12.2 Å². The second-order valence-electron chi connectivity index (χ2n) is 3.70. The molecule has 15 heavy (non-hydrogen) atoms. The summed E-state index contributed by atoms with van der Waals surface area (Å²) in [6.45, 7) is 4.26. The summed E-state index contributed by atoms with van der Waals surface area (Å²) in [5.74, 6) is -0.922. The zero-order chi connectivity index (χ0) is 11.5. The Bertz CT molecular complexity index is 178. The minimum Gasteiger partial charge on any atom is -0.465 e. The van der Waals surface area contributed by atoms with E-state index >= 15 is 0 Å². The number of esters is 1. The third-order valence-electron chi connectivity index (χ3n) is 2.37. The lowest BCUT2D eigenvalue weighted by Crippen LogP contribution is -2.18. The smallest absolute Gasteiger partial charge is 0.316 e. The molecule has 0 saturated heterocycles. The van der Waals surface area contributed by atoms with Gasteiger partial charge in [-0.25, -0.2) is 0 Å². The second kappa shape index (κ2) is 9.69. The van der Waals surface area contributed by atoms with Gasteiger partial charge in [-0.1, -0.05) is 39.0 Å². The first-order valence-electron chi connectivity index (χ1n) is 5.88. The molecule has 0 aromatic heterocycles. The first-order valence-corrected chi connectivity index (χ1v) is 5.88. The Morgan fingerprint density at radius 3 is 2.40 bits per heavy atom. The van der Waals surface area contributed by atoms with Crippen LogP contribution in [-0.4, -0.2) is 18.9 Å². The topological polar surface area (TPSA) is 43.4 Å². The van der Waals surface area contributed by atoms with E-state index in [0.717, 1.165) is 12.8 Å². The highest BCUT2D eigenvalue weighted by Gasteiger charge is 2.17. The standard InChI is InChI=1S/C12H22O3/c1-3-5-6-7-8-9-11(10-13)12(14)15-4-2/h10-11H,3-9H2,1-2H3. The summed E-state index contributed by atoms with van der Waals surface area (Å²) < 4.78 is 4.80. The molecule has 3 heteroatoms. The Morgan fingerprint density at radius 1 is 1.20 bits per heavy atom. The van der Waals surface area contributed by atoms with Crippen LogP contribution < -0.4 is 0 Å². The number of ether oxygens (including phenoxy) is 1. The molecule has 0 saturated carbocycles. The number of carbonyl (C=O) groups is 2. The summed E-state index contributed by atoms with van der Waals surface area (Å²) >= 11 is 0. The predicted octanol–water partition coefficient (Wildman–Crippen LogP) is 2.73. The highest BCUT2D eigenvalue weighted by molar-refractivity contribution is 5.87. The average Bonchev–Trinajstić information content (AvgIpc) is 2.23. The molecule has 0 aromatic rings. The number of hydrogen-bond acceptors (Lipinski definition) is 3. The number of hydrogen-bond donors (Lipinski definition) is 0. The van der Waals surface area contributed by atoms with E-state index in [4.69, 9.17) is 4.74 Å². The summed E-state index contributed by atoms with van der Waals surface area (Å²) in [5.41, 5.74) is 0. The molecule has 0 fully saturated rings. The number of rotatable bonds is 9. The zero-order valence-electron chi connectivity index (χ0n) is 9.83. The molecule has 0 amide bonds. The largest absolute Gasteiger partial charge is 0.465 e. The van der Waals surface area contributed by atoms with Crippen molar-refractivity contribution in [1.29, 1.82) is 0 Å². The van der Waals surface area contributed by atoms with E-state index in [-0.39, 0.29) is 5.97 Å². The summed E-state index contributed by atoms with van der Waals surface area (Å²) in [4.78, 5) is 21.9. The summed E-state index contributed by atoms with van der Waals surface area (Å²) in [6, 6.07) is 0. The molecular weight excluding hydrogens is 192 g/mol. The molecule has 0 rings (SSSR count). The third-order valence-corrected chi connectivity index (χ3v) is 2.37. The van der Waals surface area contributed by atoms with Crippen molar-refractivity contribution in [2.24, 2.45) is 5.92 Å². The Morgan fingerprint density at radius 2 is 1.87 bits per heavy atom. The lowest BCUT2D eigenvalue weighted by Gasteiger charge is -2.08. The molecule has 88 valence electrons. The van der Waals surface area contributed by atoms with Crippen molar-refractivity contribution >= 4 is 12.3 Å². The Labute approximate surface area is 92.2 Å². The SMILES string of the molecule is CCCCCCCC(C=O)C(=O)OCC. The fourth-order valence-corrected chi connectivity index (χ4v) is 1.46. The van der Waals surface area contributed by atoms with Crippen molar-refractivity contribution in [2.45, 2.75) is 52.4 Å². The quantitative estimate of drug-likeness (QED) is 0.256. The molecule has 0 aromatic carbocycles. The molecular formula is C12H22O3. The minimum absolute atomic E-state index is 0.346. The molecule has 0 N–H and O–H groups in total. The third kappa shape index (κ3) is 7.11. The van der Waals surface area contributed by atoms with Gasteiger partial charge in [0.15, 0.2) is 0 Å². The lowest BCUT2D eigenvalue weighted by molar-refractivity contribution is -0.149. The van der Waals surface area contributed by atoms with Crippen molar-refractivity contribution in [3.05, 3.63) is 0 Å². The van der Waals surface area contributed by atoms with Gasteiger partial charge >= 0.3 is 5.97 Å². The van der Waals surface area contributed by atoms with Crippen LogP contribution in [0.15, 0.2) is 0 Å². The van der Waals surface area contributed by atoms with E-state index in [9.17, 15) is 9.59 Å². The highest BCUT2D eigenvalue weighted by Crippen LogP contribution is 2.11. The fraction of sp³-hybridized carbons (Fsp3) is 0.833. The Hall–Kier alpha value is -0.860. The van der Waals surface area contributed by atoms with Crippen LogP contribution in [0.5, 0.6) is 0 Å². The first kappa shape index (κ1) is 14.1. The molecule has 0 aliphatic rings. The van der Waals surface area contributed by atoms with Crippen LogP contribution in [-0.2, 0) is 14.3 Å². The lowest BCUT2D eigenvalue weighted by atomic mass is 10.0. The molecule has 0 radical (unpaired) electrons. The maximum Gasteiger partial charge on any atom is 0.316 e. The van der Waals surface area contributed by atoms with Gasteiger partial charge in [0, 0.05) is 0 Å².